The Labute approximate surface area is 150 Å². The van der Waals surface area contributed by atoms with E-state index in [1.54, 1.807) is 0 Å². The van der Waals surface area contributed by atoms with Crippen LogP contribution in [0, 0.1) is 6.92 Å². The molecule has 0 aliphatic carbocycles. The van der Waals surface area contributed by atoms with Crippen LogP contribution in [-0.2, 0) is 0 Å². The number of nitrogen functional groups attached to an aromatic ring is 1. The van der Waals surface area contributed by atoms with Crippen LogP contribution >= 0.6 is 0 Å². The number of anilines is 3. The van der Waals surface area contributed by atoms with Gasteiger partial charge in [0.05, 0.1) is 0 Å². The Morgan fingerprint density at radius 1 is 0.923 bits per heavy atom. The summed E-state index contributed by atoms with van der Waals surface area (Å²) < 4.78 is 5.99. The molecule has 2 aromatic carbocycles. The first-order valence-electron chi connectivity index (χ1n) is 8.17. The van der Waals surface area contributed by atoms with E-state index in [1.165, 1.54) is 6.33 Å². The standard InChI is InChI=1S/C20H17N5O/c1-13-6-4-11-17(24-13)25-19-18(21)20(23-12-22-19)26-16-10-5-8-14-7-2-3-9-15(14)16/h2-12H,21H2,1H3,(H,22,23,24,25). The summed E-state index contributed by atoms with van der Waals surface area (Å²) in [5, 5.41) is 5.18. The molecule has 3 N–H and O–H groups in total. The van der Waals surface area contributed by atoms with Crippen LogP contribution in [0.1, 0.15) is 5.69 Å². The van der Waals surface area contributed by atoms with Gasteiger partial charge in [-0.05, 0) is 30.5 Å². The molecule has 128 valence electrons. The molecule has 2 aromatic heterocycles. The molecule has 4 rings (SSSR count). The number of fused-ring (bicyclic) bond motifs is 1. The zero-order valence-corrected chi connectivity index (χ0v) is 14.2. The smallest absolute Gasteiger partial charge is 0.248 e. The van der Waals surface area contributed by atoms with Gasteiger partial charge in [0.25, 0.3) is 0 Å². The minimum atomic E-state index is 0.298. The first kappa shape index (κ1) is 15.8. The number of ether oxygens (including phenoxy) is 1. The van der Waals surface area contributed by atoms with E-state index < -0.39 is 0 Å². The zero-order chi connectivity index (χ0) is 17.9. The number of benzene rings is 2. The molecule has 0 radical (unpaired) electrons. The van der Waals surface area contributed by atoms with Crippen LogP contribution in [0.3, 0.4) is 0 Å². The molecule has 0 saturated heterocycles. The van der Waals surface area contributed by atoms with E-state index in [0.29, 0.717) is 29.0 Å². The average Bonchev–Trinajstić information content (AvgIpc) is 2.65. The fraction of sp³-hybridized carbons (Fsp3) is 0.0500. The SMILES string of the molecule is Cc1cccc(Nc2ncnc(Oc3cccc4ccccc34)c2N)n1. The van der Waals surface area contributed by atoms with Crippen LogP contribution in [0.15, 0.2) is 67.0 Å². The van der Waals surface area contributed by atoms with Crippen molar-refractivity contribution in [3.63, 3.8) is 0 Å². The van der Waals surface area contributed by atoms with Gasteiger partial charge in [0.15, 0.2) is 5.82 Å². The second kappa shape index (κ2) is 6.68. The third-order valence-corrected chi connectivity index (χ3v) is 3.94. The van der Waals surface area contributed by atoms with Gasteiger partial charge >= 0.3 is 0 Å². The molecular weight excluding hydrogens is 326 g/mol. The summed E-state index contributed by atoms with van der Waals surface area (Å²) in [6.07, 6.45) is 1.41. The van der Waals surface area contributed by atoms with Crippen LogP contribution in [0.2, 0.25) is 0 Å². The Morgan fingerprint density at radius 3 is 2.62 bits per heavy atom. The van der Waals surface area contributed by atoms with E-state index >= 15 is 0 Å². The Hall–Kier alpha value is -3.67. The summed E-state index contributed by atoms with van der Waals surface area (Å²) in [7, 11) is 0. The minimum Gasteiger partial charge on any atom is -0.436 e. The highest BCUT2D eigenvalue weighted by Gasteiger charge is 2.12. The van der Waals surface area contributed by atoms with E-state index in [1.807, 2.05) is 67.6 Å². The average molecular weight is 343 g/mol. The van der Waals surface area contributed by atoms with Crippen LogP contribution < -0.4 is 15.8 Å². The Balaban J connectivity index is 1.67. The number of aromatic nitrogens is 3. The minimum absolute atomic E-state index is 0.298. The van der Waals surface area contributed by atoms with Crippen LogP contribution in [0.5, 0.6) is 11.6 Å². The summed E-state index contributed by atoms with van der Waals surface area (Å²) >= 11 is 0. The van der Waals surface area contributed by atoms with Crippen molar-refractivity contribution in [2.75, 3.05) is 11.1 Å². The van der Waals surface area contributed by atoms with Crippen LogP contribution in [0.25, 0.3) is 10.8 Å². The van der Waals surface area contributed by atoms with Crippen LogP contribution in [0.4, 0.5) is 17.3 Å². The van der Waals surface area contributed by atoms with E-state index in [4.69, 9.17) is 10.5 Å². The van der Waals surface area contributed by atoms with Crippen molar-refractivity contribution in [3.8, 4) is 11.6 Å². The molecule has 0 aliphatic rings. The third-order valence-electron chi connectivity index (χ3n) is 3.94. The topological polar surface area (TPSA) is 86.0 Å². The van der Waals surface area contributed by atoms with E-state index in [9.17, 15) is 0 Å². The summed E-state index contributed by atoms with van der Waals surface area (Å²) in [6.45, 7) is 1.92. The molecule has 0 saturated carbocycles. The van der Waals surface area contributed by atoms with Gasteiger partial charge in [0.2, 0.25) is 5.88 Å². The fourth-order valence-electron chi connectivity index (χ4n) is 2.68. The summed E-state index contributed by atoms with van der Waals surface area (Å²) in [4.78, 5) is 12.8. The second-order valence-corrected chi connectivity index (χ2v) is 5.81. The molecule has 0 fully saturated rings. The van der Waals surface area contributed by atoms with Gasteiger partial charge in [0, 0.05) is 11.1 Å². The molecule has 6 nitrogen and oxygen atoms in total. The van der Waals surface area contributed by atoms with E-state index in [-0.39, 0.29) is 0 Å². The Kier molecular flexibility index (Phi) is 4.07. The number of hydrogen-bond acceptors (Lipinski definition) is 6. The monoisotopic (exact) mass is 343 g/mol. The quantitative estimate of drug-likeness (QED) is 0.569. The molecule has 0 atom stereocenters. The van der Waals surface area contributed by atoms with Crippen molar-refractivity contribution < 1.29 is 4.74 Å². The maximum absolute atomic E-state index is 6.22. The third kappa shape index (κ3) is 3.12. The van der Waals surface area contributed by atoms with Gasteiger partial charge < -0.3 is 15.8 Å². The Morgan fingerprint density at radius 2 is 1.73 bits per heavy atom. The molecule has 2 heterocycles. The van der Waals surface area contributed by atoms with Gasteiger partial charge in [-0.25, -0.2) is 9.97 Å². The molecule has 0 bridgehead atoms. The van der Waals surface area contributed by atoms with Crippen molar-refractivity contribution in [3.05, 3.63) is 72.7 Å². The highest BCUT2D eigenvalue weighted by molar-refractivity contribution is 5.88. The van der Waals surface area contributed by atoms with Crippen LogP contribution in [-0.4, -0.2) is 15.0 Å². The predicted molar refractivity (Wildman–Crippen MR) is 103 cm³/mol. The first-order chi connectivity index (χ1) is 12.7. The van der Waals surface area contributed by atoms with Gasteiger partial charge in [0.1, 0.15) is 23.6 Å². The number of nitrogens with zero attached hydrogens (tertiary/aromatic N) is 3. The van der Waals surface area contributed by atoms with Gasteiger partial charge in [-0.2, -0.15) is 4.98 Å². The lowest BCUT2D eigenvalue weighted by Crippen LogP contribution is -2.04. The highest BCUT2D eigenvalue weighted by atomic mass is 16.5. The van der Waals surface area contributed by atoms with Crippen molar-refractivity contribution >= 4 is 28.1 Å². The van der Waals surface area contributed by atoms with Crippen molar-refractivity contribution in [2.24, 2.45) is 0 Å². The molecule has 0 aliphatic heterocycles. The van der Waals surface area contributed by atoms with Crippen molar-refractivity contribution in [1.29, 1.82) is 0 Å². The lowest BCUT2D eigenvalue weighted by molar-refractivity contribution is 0.470. The lowest BCUT2D eigenvalue weighted by Gasteiger charge is -2.12. The van der Waals surface area contributed by atoms with Gasteiger partial charge in [-0.1, -0.05) is 42.5 Å². The summed E-state index contributed by atoms with van der Waals surface area (Å²) in [5.74, 6) is 2.10. The largest absolute Gasteiger partial charge is 0.436 e. The molecule has 0 unspecified atom stereocenters. The van der Waals surface area contributed by atoms with Crippen molar-refractivity contribution in [1.82, 2.24) is 15.0 Å². The maximum atomic E-state index is 6.22. The number of nitrogens with one attached hydrogen (secondary N) is 1. The highest BCUT2D eigenvalue weighted by Crippen LogP contribution is 2.34. The number of aryl methyl sites for hydroxylation is 1. The molecule has 0 spiro atoms. The molecule has 26 heavy (non-hydrogen) atoms. The number of hydrogen-bond donors (Lipinski definition) is 2. The predicted octanol–water partition coefficient (Wildman–Crippen LogP) is 4.45. The van der Waals surface area contributed by atoms with E-state index in [0.717, 1.165) is 16.5 Å². The lowest BCUT2D eigenvalue weighted by atomic mass is 10.1. The first-order valence-corrected chi connectivity index (χ1v) is 8.17. The molecule has 4 aromatic rings. The maximum Gasteiger partial charge on any atom is 0.248 e. The number of pyridine rings is 1. The fourth-order valence-corrected chi connectivity index (χ4v) is 2.68. The summed E-state index contributed by atoms with van der Waals surface area (Å²) in [5.41, 5.74) is 7.44. The Bertz CT molecular complexity index is 1080. The molecule has 6 heteroatoms. The second-order valence-electron chi connectivity index (χ2n) is 5.81. The molecule has 0 amide bonds. The van der Waals surface area contributed by atoms with Crippen molar-refractivity contribution in [2.45, 2.75) is 6.92 Å². The molecular formula is C20H17N5O. The van der Waals surface area contributed by atoms with Gasteiger partial charge in [-0.3, -0.25) is 0 Å². The number of nitrogens with two attached hydrogens (primary N) is 1. The normalized spacial score (nSPS) is 10.7. The zero-order valence-electron chi connectivity index (χ0n) is 14.2. The summed E-state index contributed by atoms with van der Waals surface area (Å²) in [6, 6.07) is 19.5. The van der Waals surface area contributed by atoms with E-state index in [2.05, 4.69) is 20.3 Å². The number of rotatable bonds is 4. The van der Waals surface area contributed by atoms with Gasteiger partial charge in [-0.15, -0.1) is 0 Å².